The Morgan fingerprint density at radius 2 is 1.97 bits per heavy atom. The number of hydrogen-bond donors (Lipinski definition) is 0. The number of aromatic nitrogens is 3. The van der Waals surface area contributed by atoms with Gasteiger partial charge in [0.05, 0.1) is 21.5 Å². The minimum absolute atomic E-state index is 0.0167. The van der Waals surface area contributed by atoms with Crippen LogP contribution in [0, 0.1) is 6.92 Å². The molecule has 0 bridgehead atoms. The number of fused-ring (bicyclic) bond motifs is 1. The molecular weight excluding hydrogens is 392 g/mol. The second-order valence-corrected chi connectivity index (χ2v) is 9.03. The molecule has 0 N–H and O–H groups in total. The van der Waals surface area contributed by atoms with E-state index < -0.39 is 16.0 Å². The van der Waals surface area contributed by atoms with Gasteiger partial charge in [-0.25, -0.2) is 22.5 Å². The molecule has 0 aliphatic carbocycles. The molecule has 0 amide bonds. The molecule has 2 heterocycles. The molecule has 3 rings (SSSR count). The van der Waals surface area contributed by atoms with E-state index in [-0.39, 0.29) is 11.5 Å². The standard InChI is InChI=1S/C20H24N4O4S/c1-5-10-24-18-9-8-16(29(26,27)23(3)4)11-17(18)22-19(24)13-28-20(25)15-7-6-14(2)21-12-15/h6-9,11-12H,5,10,13H2,1-4H3. The molecule has 0 radical (unpaired) electrons. The SMILES string of the molecule is CCCn1c(COC(=O)c2ccc(C)nc2)nc2cc(S(=O)(=O)N(C)C)ccc21. The summed E-state index contributed by atoms with van der Waals surface area (Å²) in [4.78, 5) is 21.1. The van der Waals surface area contributed by atoms with Crippen LogP contribution in [-0.4, -0.2) is 47.3 Å². The van der Waals surface area contributed by atoms with Gasteiger partial charge in [-0.15, -0.1) is 0 Å². The van der Waals surface area contributed by atoms with Crippen LogP contribution in [0.1, 0.15) is 35.2 Å². The number of benzene rings is 1. The summed E-state index contributed by atoms with van der Waals surface area (Å²) in [6.07, 6.45) is 2.33. The van der Waals surface area contributed by atoms with Crippen LogP contribution in [0.4, 0.5) is 0 Å². The number of hydrogen-bond acceptors (Lipinski definition) is 6. The lowest BCUT2D eigenvalue weighted by molar-refractivity contribution is 0.0458. The van der Waals surface area contributed by atoms with Gasteiger partial charge in [0.15, 0.2) is 0 Å². The summed E-state index contributed by atoms with van der Waals surface area (Å²) < 4.78 is 33.3. The topological polar surface area (TPSA) is 94.4 Å². The molecule has 2 aromatic heterocycles. The fraction of sp³-hybridized carbons (Fsp3) is 0.350. The van der Waals surface area contributed by atoms with Gasteiger partial charge < -0.3 is 9.30 Å². The van der Waals surface area contributed by atoms with E-state index in [1.165, 1.54) is 20.3 Å². The molecule has 0 saturated carbocycles. The number of pyridine rings is 1. The molecule has 8 nitrogen and oxygen atoms in total. The van der Waals surface area contributed by atoms with Crippen molar-refractivity contribution in [2.75, 3.05) is 14.1 Å². The van der Waals surface area contributed by atoms with Crippen molar-refractivity contribution in [3.05, 3.63) is 53.6 Å². The van der Waals surface area contributed by atoms with Crippen molar-refractivity contribution in [3.63, 3.8) is 0 Å². The van der Waals surface area contributed by atoms with Gasteiger partial charge in [0.25, 0.3) is 0 Å². The summed E-state index contributed by atoms with van der Waals surface area (Å²) in [5, 5.41) is 0. The van der Waals surface area contributed by atoms with Crippen LogP contribution in [0.25, 0.3) is 11.0 Å². The molecule has 0 saturated heterocycles. The average molecular weight is 417 g/mol. The Kier molecular flexibility index (Phi) is 5.99. The monoisotopic (exact) mass is 416 g/mol. The lowest BCUT2D eigenvalue weighted by Crippen LogP contribution is -2.22. The van der Waals surface area contributed by atoms with Crippen molar-refractivity contribution >= 4 is 27.0 Å². The summed E-state index contributed by atoms with van der Waals surface area (Å²) >= 11 is 0. The van der Waals surface area contributed by atoms with Gasteiger partial charge in [-0.1, -0.05) is 6.92 Å². The molecule has 0 aliphatic rings. The zero-order chi connectivity index (χ0) is 21.2. The molecule has 0 aliphatic heterocycles. The molecule has 0 fully saturated rings. The fourth-order valence-electron chi connectivity index (χ4n) is 2.92. The molecule has 154 valence electrons. The quantitative estimate of drug-likeness (QED) is 0.550. The van der Waals surface area contributed by atoms with E-state index >= 15 is 0 Å². The second-order valence-electron chi connectivity index (χ2n) is 6.88. The Labute approximate surface area is 170 Å². The zero-order valence-corrected chi connectivity index (χ0v) is 17.7. The molecule has 1 aromatic carbocycles. The summed E-state index contributed by atoms with van der Waals surface area (Å²) in [5.41, 5.74) is 2.53. The highest BCUT2D eigenvalue weighted by Gasteiger charge is 2.20. The number of sulfonamides is 1. The minimum Gasteiger partial charge on any atom is -0.454 e. The maximum Gasteiger partial charge on any atom is 0.340 e. The highest BCUT2D eigenvalue weighted by atomic mass is 32.2. The van der Waals surface area contributed by atoms with Gasteiger partial charge in [-0.2, -0.15) is 0 Å². The smallest absolute Gasteiger partial charge is 0.340 e. The van der Waals surface area contributed by atoms with Gasteiger partial charge in [0.2, 0.25) is 10.0 Å². The fourth-order valence-corrected chi connectivity index (χ4v) is 3.84. The third-order valence-corrected chi connectivity index (χ3v) is 6.32. The third kappa shape index (κ3) is 4.30. The Morgan fingerprint density at radius 3 is 2.59 bits per heavy atom. The van der Waals surface area contributed by atoms with Gasteiger partial charge in [0, 0.05) is 32.5 Å². The van der Waals surface area contributed by atoms with E-state index in [0.29, 0.717) is 23.4 Å². The van der Waals surface area contributed by atoms with Gasteiger partial charge in [-0.3, -0.25) is 4.98 Å². The van der Waals surface area contributed by atoms with Crippen molar-refractivity contribution in [2.45, 2.75) is 38.3 Å². The van der Waals surface area contributed by atoms with Crippen LogP contribution in [0.15, 0.2) is 41.4 Å². The largest absolute Gasteiger partial charge is 0.454 e. The first-order valence-corrected chi connectivity index (χ1v) is 10.7. The molecular formula is C20H24N4O4S. The van der Waals surface area contributed by atoms with Crippen molar-refractivity contribution in [2.24, 2.45) is 0 Å². The number of esters is 1. The van der Waals surface area contributed by atoms with E-state index in [1.807, 2.05) is 18.4 Å². The normalized spacial score (nSPS) is 11.9. The first-order chi connectivity index (χ1) is 13.7. The summed E-state index contributed by atoms with van der Waals surface area (Å²) in [6, 6.07) is 8.27. The highest BCUT2D eigenvalue weighted by molar-refractivity contribution is 7.89. The van der Waals surface area contributed by atoms with Crippen molar-refractivity contribution in [1.82, 2.24) is 18.8 Å². The third-order valence-electron chi connectivity index (χ3n) is 4.50. The number of imidazole rings is 1. The number of aryl methyl sites for hydroxylation is 2. The first-order valence-electron chi connectivity index (χ1n) is 9.25. The first kappa shape index (κ1) is 20.9. The number of ether oxygens (including phenoxy) is 1. The molecule has 3 aromatic rings. The predicted molar refractivity (Wildman–Crippen MR) is 109 cm³/mol. The molecule has 9 heteroatoms. The van der Waals surface area contributed by atoms with Gasteiger partial charge in [-0.05, 0) is 43.7 Å². The van der Waals surface area contributed by atoms with Gasteiger partial charge in [0.1, 0.15) is 12.4 Å². The van der Waals surface area contributed by atoms with Crippen LogP contribution in [0.2, 0.25) is 0 Å². The number of carbonyl (C=O) groups is 1. The Balaban J connectivity index is 1.91. The Bertz CT molecular complexity index is 1140. The zero-order valence-electron chi connectivity index (χ0n) is 16.9. The minimum atomic E-state index is -3.56. The summed E-state index contributed by atoms with van der Waals surface area (Å²) in [7, 11) is -0.585. The maximum absolute atomic E-state index is 12.4. The van der Waals surface area contributed by atoms with Crippen molar-refractivity contribution in [1.29, 1.82) is 0 Å². The van der Waals surface area contributed by atoms with Crippen LogP contribution in [-0.2, 0) is 27.9 Å². The van der Waals surface area contributed by atoms with Crippen LogP contribution < -0.4 is 0 Å². The van der Waals surface area contributed by atoms with Crippen molar-refractivity contribution < 1.29 is 17.9 Å². The van der Waals surface area contributed by atoms with E-state index in [1.54, 1.807) is 30.3 Å². The lowest BCUT2D eigenvalue weighted by Gasteiger charge is -2.11. The van der Waals surface area contributed by atoms with Crippen LogP contribution in [0.3, 0.4) is 0 Å². The second kappa shape index (κ2) is 8.30. The lowest BCUT2D eigenvalue weighted by atomic mass is 10.2. The Hall–Kier alpha value is -2.78. The average Bonchev–Trinajstić information content (AvgIpc) is 3.03. The summed E-state index contributed by atoms with van der Waals surface area (Å²) in [6.45, 7) is 4.53. The molecule has 0 atom stereocenters. The highest BCUT2D eigenvalue weighted by Crippen LogP contribution is 2.23. The molecule has 0 unspecified atom stereocenters. The maximum atomic E-state index is 12.4. The van der Waals surface area contributed by atoms with Gasteiger partial charge >= 0.3 is 5.97 Å². The van der Waals surface area contributed by atoms with E-state index in [0.717, 1.165) is 21.9 Å². The van der Waals surface area contributed by atoms with Crippen LogP contribution in [0.5, 0.6) is 0 Å². The molecule has 29 heavy (non-hydrogen) atoms. The van der Waals surface area contributed by atoms with E-state index in [2.05, 4.69) is 9.97 Å². The predicted octanol–water partition coefficient (Wildman–Crippen LogP) is 2.76. The molecule has 0 spiro atoms. The number of rotatable bonds is 7. The van der Waals surface area contributed by atoms with Crippen molar-refractivity contribution in [3.8, 4) is 0 Å². The van der Waals surface area contributed by atoms with Crippen LogP contribution >= 0.6 is 0 Å². The number of carbonyl (C=O) groups excluding carboxylic acids is 1. The number of nitrogens with zero attached hydrogens (tertiary/aromatic N) is 4. The van der Waals surface area contributed by atoms with E-state index in [4.69, 9.17) is 4.74 Å². The van der Waals surface area contributed by atoms with E-state index in [9.17, 15) is 13.2 Å². The summed E-state index contributed by atoms with van der Waals surface area (Å²) in [5.74, 6) is 0.0816. The Morgan fingerprint density at radius 1 is 1.21 bits per heavy atom.